The number of anilines is 1. The zero-order valence-electron chi connectivity index (χ0n) is 21.3. The van der Waals surface area contributed by atoms with Gasteiger partial charge in [0, 0.05) is 11.1 Å². The van der Waals surface area contributed by atoms with Gasteiger partial charge in [-0.25, -0.2) is 22.5 Å². The van der Waals surface area contributed by atoms with Gasteiger partial charge >= 0.3 is 0 Å². The maximum Gasteiger partial charge on any atom is 0.285 e. The largest absolute Gasteiger partial charge is 0.455 e. The number of amides is 1. The molecule has 0 aliphatic carbocycles. The van der Waals surface area contributed by atoms with Gasteiger partial charge in [-0.05, 0) is 56.7 Å². The van der Waals surface area contributed by atoms with E-state index in [0.717, 1.165) is 11.8 Å². The highest BCUT2D eigenvalue weighted by atomic mass is 35.5. The number of nitrogens with zero attached hydrogens (tertiary/aromatic N) is 1. The van der Waals surface area contributed by atoms with Crippen LogP contribution in [0.4, 0.5) is 10.1 Å². The van der Waals surface area contributed by atoms with Crippen molar-refractivity contribution in [3.8, 4) is 23.7 Å². The molecule has 0 aliphatic heterocycles. The minimum atomic E-state index is -3.87. The molecular weight excluding hydrogens is 545 g/mol. The lowest BCUT2D eigenvalue weighted by Crippen LogP contribution is -2.31. The van der Waals surface area contributed by atoms with Crippen molar-refractivity contribution in [2.45, 2.75) is 26.8 Å². The van der Waals surface area contributed by atoms with Crippen molar-refractivity contribution in [1.82, 2.24) is 9.71 Å². The number of halogens is 2. The molecule has 4 aromatic rings. The lowest BCUT2D eigenvalue weighted by atomic mass is 9.98. The Morgan fingerprint density at radius 2 is 1.92 bits per heavy atom. The summed E-state index contributed by atoms with van der Waals surface area (Å²) in [6.07, 6.45) is 6.26. The molecule has 8 nitrogen and oxygen atoms in total. The Bertz CT molecular complexity index is 1860. The van der Waals surface area contributed by atoms with Gasteiger partial charge in [0.2, 0.25) is 10.0 Å². The Morgan fingerprint density at radius 1 is 1.21 bits per heavy atom. The SMILES string of the molecule is C#Cc1cccc(-c2oc3c(C(C)Nc4ccc(Cl)nc4C(=O)NS(C)(=O)=O)cc(C)cc3c(=O)c2C)c1F. The first-order chi connectivity index (χ1) is 18.3. The van der Waals surface area contributed by atoms with Crippen LogP contribution in [-0.4, -0.2) is 25.6 Å². The van der Waals surface area contributed by atoms with Gasteiger partial charge in [0.1, 0.15) is 22.3 Å². The van der Waals surface area contributed by atoms with Crippen LogP contribution in [0, 0.1) is 32.0 Å². The summed E-state index contributed by atoms with van der Waals surface area (Å²) in [5.74, 6) is 0.669. The number of benzene rings is 2. The van der Waals surface area contributed by atoms with Gasteiger partial charge in [-0.3, -0.25) is 9.59 Å². The van der Waals surface area contributed by atoms with E-state index in [1.807, 2.05) is 11.6 Å². The molecule has 200 valence electrons. The minimum Gasteiger partial charge on any atom is -0.455 e. The van der Waals surface area contributed by atoms with Crippen LogP contribution in [0.5, 0.6) is 0 Å². The summed E-state index contributed by atoms with van der Waals surface area (Å²) in [5.41, 5.74) is 1.40. The molecule has 39 heavy (non-hydrogen) atoms. The molecule has 11 heteroatoms. The number of hydrogen-bond acceptors (Lipinski definition) is 7. The van der Waals surface area contributed by atoms with Crippen LogP contribution in [0.3, 0.4) is 0 Å². The summed E-state index contributed by atoms with van der Waals surface area (Å²) in [6.45, 7) is 5.11. The average Bonchev–Trinajstić information content (AvgIpc) is 2.86. The number of terminal acetylenes is 1. The molecule has 1 amide bonds. The number of carbonyl (C=O) groups excluding carboxylic acids is 1. The fourth-order valence-corrected chi connectivity index (χ4v) is 4.80. The van der Waals surface area contributed by atoms with E-state index in [1.54, 1.807) is 32.0 Å². The monoisotopic (exact) mass is 567 g/mol. The molecule has 2 heterocycles. The molecule has 0 bridgehead atoms. The molecule has 1 atom stereocenters. The normalized spacial score (nSPS) is 12.1. The highest BCUT2D eigenvalue weighted by Crippen LogP contribution is 2.34. The molecule has 4 rings (SSSR count). The van der Waals surface area contributed by atoms with E-state index in [2.05, 4.69) is 16.2 Å². The van der Waals surface area contributed by atoms with Gasteiger partial charge in [0.15, 0.2) is 11.1 Å². The lowest BCUT2D eigenvalue weighted by Gasteiger charge is -2.20. The molecule has 0 saturated heterocycles. The maximum absolute atomic E-state index is 15.1. The molecule has 0 radical (unpaired) electrons. The molecule has 2 aromatic carbocycles. The number of hydrogen-bond donors (Lipinski definition) is 2. The van der Waals surface area contributed by atoms with Gasteiger partial charge in [-0.2, -0.15) is 0 Å². The third-order valence-electron chi connectivity index (χ3n) is 5.98. The molecule has 0 saturated carbocycles. The summed E-state index contributed by atoms with van der Waals surface area (Å²) in [6, 6.07) is 10.3. The Kier molecular flexibility index (Phi) is 7.50. The molecule has 0 aliphatic rings. The van der Waals surface area contributed by atoms with Crippen molar-refractivity contribution in [2.24, 2.45) is 0 Å². The van der Waals surface area contributed by atoms with E-state index in [9.17, 15) is 18.0 Å². The molecule has 1 unspecified atom stereocenters. The topological polar surface area (TPSA) is 118 Å². The highest BCUT2D eigenvalue weighted by molar-refractivity contribution is 7.89. The quantitative estimate of drug-likeness (QED) is 0.245. The Hall–Kier alpha value is -4.20. The molecule has 0 spiro atoms. The minimum absolute atomic E-state index is 0.0183. The summed E-state index contributed by atoms with van der Waals surface area (Å²) in [4.78, 5) is 30.0. The molecule has 0 fully saturated rings. The van der Waals surface area contributed by atoms with Crippen LogP contribution >= 0.6 is 11.6 Å². The molecule has 2 aromatic heterocycles. The smallest absolute Gasteiger partial charge is 0.285 e. The van der Waals surface area contributed by atoms with Crippen molar-refractivity contribution in [3.05, 3.63) is 91.6 Å². The summed E-state index contributed by atoms with van der Waals surface area (Å²) >= 11 is 5.97. The second-order valence-electron chi connectivity index (χ2n) is 9.03. The average molecular weight is 568 g/mol. The van der Waals surface area contributed by atoms with E-state index in [-0.39, 0.29) is 55.4 Å². The van der Waals surface area contributed by atoms with E-state index >= 15 is 4.39 Å². The Labute approximate surface area is 229 Å². The van der Waals surface area contributed by atoms with Gasteiger partial charge in [0.25, 0.3) is 5.91 Å². The van der Waals surface area contributed by atoms with Crippen molar-refractivity contribution in [3.63, 3.8) is 0 Å². The lowest BCUT2D eigenvalue weighted by molar-refractivity contribution is 0.0977. The van der Waals surface area contributed by atoms with Crippen molar-refractivity contribution >= 4 is 44.2 Å². The van der Waals surface area contributed by atoms with E-state index in [1.165, 1.54) is 24.3 Å². The van der Waals surface area contributed by atoms with Crippen molar-refractivity contribution in [1.29, 1.82) is 0 Å². The van der Waals surface area contributed by atoms with Crippen LogP contribution in [0.1, 0.15) is 45.7 Å². The Balaban J connectivity index is 1.88. The number of pyridine rings is 1. The van der Waals surface area contributed by atoms with Crippen LogP contribution < -0.4 is 15.5 Å². The number of carbonyl (C=O) groups is 1. The van der Waals surface area contributed by atoms with Gasteiger partial charge < -0.3 is 9.73 Å². The van der Waals surface area contributed by atoms with Crippen molar-refractivity contribution in [2.75, 3.05) is 11.6 Å². The van der Waals surface area contributed by atoms with E-state index < -0.39 is 27.8 Å². The van der Waals surface area contributed by atoms with Crippen LogP contribution in [0.25, 0.3) is 22.3 Å². The van der Waals surface area contributed by atoms with Gasteiger partial charge in [0.05, 0.1) is 34.5 Å². The molecule has 2 N–H and O–H groups in total. The number of nitrogens with one attached hydrogen (secondary N) is 2. The van der Waals surface area contributed by atoms with Crippen LogP contribution in [0.2, 0.25) is 5.15 Å². The number of aryl methyl sites for hydroxylation is 1. The fraction of sp³-hybridized carbons (Fsp3) is 0.179. The van der Waals surface area contributed by atoms with Gasteiger partial charge in [-0.15, -0.1) is 6.42 Å². The number of rotatable bonds is 6. The number of sulfonamides is 1. The first-order valence-corrected chi connectivity index (χ1v) is 13.9. The maximum atomic E-state index is 15.1. The van der Waals surface area contributed by atoms with Crippen LogP contribution in [-0.2, 0) is 10.0 Å². The Morgan fingerprint density at radius 3 is 2.59 bits per heavy atom. The first-order valence-electron chi connectivity index (χ1n) is 11.6. The van der Waals surface area contributed by atoms with E-state index in [4.69, 9.17) is 22.4 Å². The molecular formula is C28H23ClFN3O5S. The predicted molar refractivity (Wildman–Crippen MR) is 149 cm³/mol. The zero-order valence-corrected chi connectivity index (χ0v) is 22.9. The summed E-state index contributed by atoms with van der Waals surface area (Å²) in [7, 11) is -3.87. The van der Waals surface area contributed by atoms with Crippen LogP contribution in [0.15, 0.2) is 51.7 Å². The first kappa shape index (κ1) is 27.8. The zero-order chi connectivity index (χ0) is 28.6. The number of fused-ring (bicyclic) bond motifs is 1. The third kappa shape index (κ3) is 5.65. The second-order valence-corrected chi connectivity index (χ2v) is 11.2. The van der Waals surface area contributed by atoms with Gasteiger partial charge in [-0.1, -0.05) is 29.7 Å². The number of aromatic nitrogens is 1. The predicted octanol–water partition coefficient (Wildman–Crippen LogP) is 5.11. The summed E-state index contributed by atoms with van der Waals surface area (Å²) in [5, 5.41) is 3.39. The second kappa shape index (κ2) is 10.5. The summed E-state index contributed by atoms with van der Waals surface area (Å²) < 4.78 is 46.4. The standard InChI is InChI=1S/C28H23ClFN3O5S/c1-6-17-8-7-9-18(23(17)30)26-15(3)25(34)20-13-14(2)12-19(27(20)38-26)16(4)31-21-10-11-22(29)32-24(21)28(35)33-39(5,36)37/h1,7-13,16,31H,2-5H3,(H,33,35). The fourth-order valence-electron chi connectivity index (χ4n) is 4.22. The third-order valence-corrected chi connectivity index (χ3v) is 6.75. The highest BCUT2D eigenvalue weighted by Gasteiger charge is 2.23. The van der Waals surface area contributed by atoms with Crippen molar-refractivity contribution < 1.29 is 22.0 Å². The van der Waals surface area contributed by atoms with E-state index in [0.29, 0.717) is 5.56 Å².